The lowest BCUT2D eigenvalue weighted by Gasteiger charge is -2.11. The van der Waals surface area contributed by atoms with Crippen molar-refractivity contribution in [2.45, 2.75) is 0 Å². The number of fused-ring (bicyclic) bond motifs is 1. The maximum Gasteiger partial charge on any atom is 0.160 e. The van der Waals surface area contributed by atoms with Crippen LogP contribution in [0.3, 0.4) is 0 Å². The molecule has 0 aliphatic rings. The van der Waals surface area contributed by atoms with E-state index in [1.807, 2.05) is 30.3 Å². The minimum atomic E-state index is 0.708. The van der Waals surface area contributed by atoms with Crippen molar-refractivity contribution in [2.24, 2.45) is 0 Å². The zero-order valence-electron chi connectivity index (χ0n) is 24.3. The summed E-state index contributed by atoms with van der Waals surface area (Å²) in [4.78, 5) is 15.1. The van der Waals surface area contributed by atoms with E-state index in [2.05, 4.69) is 133 Å². The summed E-state index contributed by atoms with van der Waals surface area (Å²) in [5.41, 5.74) is 11.7. The minimum absolute atomic E-state index is 0.708. The van der Waals surface area contributed by atoms with Gasteiger partial charge in [-0.15, -0.1) is 11.3 Å². The topological polar surface area (TPSA) is 38.7 Å². The van der Waals surface area contributed by atoms with Crippen molar-refractivity contribution in [3.05, 3.63) is 164 Å². The molecule has 6 aromatic carbocycles. The summed E-state index contributed by atoms with van der Waals surface area (Å²) in [6.07, 6.45) is 0. The lowest BCUT2D eigenvalue weighted by molar-refractivity contribution is 1.18. The Morgan fingerprint density at radius 3 is 1.44 bits per heavy atom. The van der Waals surface area contributed by atoms with Crippen molar-refractivity contribution in [1.82, 2.24) is 15.0 Å². The second kappa shape index (κ2) is 11.8. The second-order valence-electron chi connectivity index (χ2n) is 10.9. The van der Waals surface area contributed by atoms with Crippen LogP contribution in [0, 0.1) is 0 Å². The van der Waals surface area contributed by atoms with E-state index >= 15 is 0 Å². The highest BCUT2D eigenvalue weighted by Gasteiger charge is 2.14. The van der Waals surface area contributed by atoms with Crippen LogP contribution in [-0.4, -0.2) is 15.0 Å². The molecule has 45 heavy (non-hydrogen) atoms. The van der Waals surface area contributed by atoms with Crippen molar-refractivity contribution in [1.29, 1.82) is 0 Å². The molecule has 0 aliphatic heterocycles. The molecule has 8 aromatic rings. The Kier molecular flexibility index (Phi) is 7.02. The average molecular weight is 594 g/mol. The van der Waals surface area contributed by atoms with Gasteiger partial charge < -0.3 is 0 Å². The van der Waals surface area contributed by atoms with Gasteiger partial charge in [0.1, 0.15) is 5.01 Å². The molecule has 0 unspecified atom stereocenters. The number of hydrogen-bond donors (Lipinski definition) is 0. The molecule has 212 valence electrons. The molecule has 2 heterocycles. The Hall–Kier alpha value is -5.71. The van der Waals surface area contributed by atoms with Crippen LogP contribution in [0.1, 0.15) is 0 Å². The number of aromatic nitrogens is 3. The van der Waals surface area contributed by atoms with E-state index in [9.17, 15) is 0 Å². The molecule has 2 aromatic heterocycles. The molecular weight excluding hydrogens is 567 g/mol. The van der Waals surface area contributed by atoms with Crippen molar-refractivity contribution < 1.29 is 0 Å². The van der Waals surface area contributed by atoms with Crippen molar-refractivity contribution >= 4 is 21.6 Å². The van der Waals surface area contributed by atoms with Gasteiger partial charge in [-0.2, -0.15) is 0 Å². The van der Waals surface area contributed by atoms with E-state index in [0.29, 0.717) is 5.82 Å². The summed E-state index contributed by atoms with van der Waals surface area (Å²) >= 11 is 1.73. The predicted molar refractivity (Wildman–Crippen MR) is 188 cm³/mol. The van der Waals surface area contributed by atoms with E-state index in [4.69, 9.17) is 15.0 Å². The average Bonchev–Trinajstić information content (AvgIpc) is 3.58. The zero-order valence-corrected chi connectivity index (χ0v) is 25.2. The van der Waals surface area contributed by atoms with Crippen LogP contribution >= 0.6 is 11.3 Å². The zero-order chi connectivity index (χ0) is 30.0. The van der Waals surface area contributed by atoms with E-state index < -0.39 is 0 Å². The van der Waals surface area contributed by atoms with Gasteiger partial charge in [0.05, 0.1) is 21.6 Å². The fourth-order valence-electron chi connectivity index (χ4n) is 5.63. The number of benzene rings is 6. The first-order chi connectivity index (χ1) is 22.3. The number of para-hydroxylation sites is 1. The molecule has 0 saturated carbocycles. The lowest BCUT2D eigenvalue weighted by atomic mass is 10.00. The molecule has 0 atom stereocenters. The summed E-state index contributed by atoms with van der Waals surface area (Å²) in [5, 5.41) is 1.04. The van der Waals surface area contributed by atoms with Crippen LogP contribution in [-0.2, 0) is 0 Å². The van der Waals surface area contributed by atoms with Gasteiger partial charge in [0.15, 0.2) is 5.82 Å². The quantitative estimate of drug-likeness (QED) is 0.192. The standard InChI is InChI=1S/C41H27N3S/c1-4-11-28(12-5-1)29-19-23-31(24-20-29)36-27-37(43-40(42-36)33-13-6-2-7-14-33)32-25-21-30(22-26-32)35-17-10-18-38-39(35)44-41(45-38)34-15-8-3-9-16-34/h1-27H. The van der Waals surface area contributed by atoms with Gasteiger partial charge in [0.25, 0.3) is 0 Å². The highest BCUT2D eigenvalue weighted by Crippen LogP contribution is 2.37. The summed E-state index contributed by atoms with van der Waals surface area (Å²) in [5.74, 6) is 0.708. The molecule has 0 bridgehead atoms. The predicted octanol–water partition coefficient (Wildman–Crippen LogP) is 11.1. The lowest BCUT2D eigenvalue weighted by Crippen LogP contribution is -1.96. The molecule has 0 aliphatic carbocycles. The monoisotopic (exact) mass is 593 g/mol. The van der Waals surface area contributed by atoms with E-state index in [1.165, 1.54) is 15.8 Å². The maximum atomic E-state index is 5.05. The third-order valence-electron chi connectivity index (χ3n) is 7.98. The molecule has 0 fully saturated rings. The molecule has 8 rings (SSSR count). The minimum Gasteiger partial charge on any atom is -0.235 e. The molecule has 3 nitrogen and oxygen atoms in total. The van der Waals surface area contributed by atoms with E-state index in [1.54, 1.807) is 11.3 Å². The highest BCUT2D eigenvalue weighted by atomic mass is 32.1. The SMILES string of the molecule is c1ccc(-c2ccc(-c3cc(-c4ccc(-c5cccc6sc(-c7ccccc7)nc56)cc4)nc(-c4ccccc4)n3)cc2)cc1. The van der Waals surface area contributed by atoms with Crippen LogP contribution in [0.5, 0.6) is 0 Å². The normalized spacial score (nSPS) is 11.1. The third kappa shape index (κ3) is 5.44. The Morgan fingerprint density at radius 1 is 0.356 bits per heavy atom. The van der Waals surface area contributed by atoms with Crippen molar-refractivity contribution in [3.63, 3.8) is 0 Å². The van der Waals surface area contributed by atoms with Crippen LogP contribution < -0.4 is 0 Å². The van der Waals surface area contributed by atoms with Gasteiger partial charge in [-0.05, 0) is 28.8 Å². The molecule has 0 saturated heterocycles. The number of hydrogen-bond acceptors (Lipinski definition) is 4. The summed E-state index contributed by atoms with van der Waals surface area (Å²) in [7, 11) is 0. The fourth-order valence-corrected chi connectivity index (χ4v) is 6.63. The Labute approximate surface area is 266 Å². The van der Waals surface area contributed by atoms with Crippen LogP contribution in [0.15, 0.2) is 164 Å². The maximum absolute atomic E-state index is 5.05. The van der Waals surface area contributed by atoms with Gasteiger partial charge >= 0.3 is 0 Å². The van der Waals surface area contributed by atoms with Gasteiger partial charge in [0.2, 0.25) is 0 Å². The molecule has 0 amide bonds. The van der Waals surface area contributed by atoms with Gasteiger partial charge in [-0.25, -0.2) is 15.0 Å². The van der Waals surface area contributed by atoms with Gasteiger partial charge in [-0.1, -0.05) is 152 Å². The number of nitrogens with zero attached hydrogens (tertiary/aromatic N) is 3. The summed E-state index contributed by atoms with van der Waals surface area (Å²) in [6, 6.07) is 56.8. The van der Waals surface area contributed by atoms with Gasteiger partial charge in [-0.3, -0.25) is 0 Å². The number of rotatable bonds is 6. The second-order valence-corrected chi connectivity index (χ2v) is 11.9. The van der Waals surface area contributed by atoms with E-state index in [0.717, 1.165) is 55.3 Å². The first-order valence-electron chi connectivity index (χ1n) is 14.9. The largest absolute Gasteiger partial charge is 0.235 e. The fraction of sp³-hybridized carbons (Fsp3) is 0. The Balaban J connectivity index is 1.17. The third-order valence-corrected chi connectivity index (χ3v) is 9.05. The van der Waals surface area contributed by atoms with Crippen LogP contribution in [0.4, 0.5) is 0 Å². The summed E-state index contributed by atoms with van der Waals surface area (Å²) < 4.78 is 1.18. The van der Waals surface area contributed by atoms with Gasteiger partial charge in [0, 0.05) is 27.8 Å². The Bertz CT molecular complexity index is 2220. The first kappa shape index (κ1) is 26.9. The van der Waals surface area contributed by atoms with E-state index in [-0.39, 0.29) is 0 Å². The van der Waals surface area contributed by atoms with Crippen molar-refractivity contribution in [3.8, 4) is 66.7 Å². The molecule has 4 heteroatoms. The number of thiazole rings is 1. The highest BCUT2D eigenvalue weighted by molar-refractivity contribution is 7.21. The molecular formula is C41H27N3S. The molecule has 0 N–H and O–H groups in total. The molecule has 0 radical (unpaired) electrons. The van der Waals surface area contributed by atoms with Crippen LogP contribution in [0.2, 0.25) is 0 Å². The smallest absolute Gasteiger partial charge is 0.160 e. The van der Waals surface area contributed by atoms with Crippen molar-refractivity contribution in [2.75, 3.05) is 0 Å². The Morgan fingerprint density at radius 2 is 0.844 bits per heavy atom. The first-order valence-corrected chi connectivity index (χ1v) is 15.8. The van der Waals surface area contributed by atoms with Crippen LogP contribution in [0.25, 0.3) is 76.9 Å². The molecule has 0 spiro atoms. The summed E-state index contributed by atoms with van der Waals surface area (Å²) in [6.45, 7) is 0.